The minimum atomic E-state index is -4.39. The lowest BCUT2D eigenvalue weighted by molar-refractivity contribution is -0.194. The van der Waals surface area contributed by atoms with Gasteiger partial charge in [-0.15, -0.1) is 0 Å². The first-order chi connectivity index (χ1) is 7.40. The molecule has 0 radical (unpaired) electrons. The van der Waals surface area contributed by atoms with Crippen molar-refractivity contribution in [3.05, 3.63) is 0 Å². The molecular weight excluding hydrogens is 225 g/mol. The normalized spacial score (nSPS) is 18.9. The van der Waals surface area contributed by atoms with Gasteiger partial charge >= 0.3 is 6.18 Å². The first-order valence-corrected chi connectivity index (χ1v) is 5.13. The van der Waals surface area contributed by atoms with Crippen LogP contribution < -0.4 is 5.48 Å². The monoisotopic (exact) mass is 240 g/mol. The average Bonchev–Trinajstić information content (AvgIpc) is 2.67. The Morgan fingerprint density at radius 1 is 1.44 bits per heavy atom. The molecule has 1 aliphatic rings. The van der Waals surface area contributed by atoms with E-state index in [2.05, 4.69) is 10.3 Å². The Balaban J connectivity index is 2.23. The van der Waals surface area contributed by atoms with Crippen molar-refractivity contribution in [2.75, 3.05) is 19.7 Å². The van der Waals surface area contributed by atoms with Crippen LogP contribution in [0.15, 0.2) is 0 Å². The molecule has 1 aliphatic heterocycles. The third-order valence-corrected chi connectivity index (χ3v) is 2.28. The Hall–Kier alpha value is -0.820. The predicted molar refractivity (Wildman–Crippen MR) is 50.4 cm³/mol. The number of nitrogens with one attached hydrogen (secondary N) is 1. The number of hydroxylamine groups is 1. The van der Waals surface area contributed by atoms with Gasteiger partial charge in [-0.25, -0.2) is 0 Å². The summed E-state index contributed by atoms with van der Waals surface area (Å²) in [6, 6.07) is -0.750. The molecule has 1 saturated heterocycles. The fraction of sp³-hybridized carbons (Fsp3) is 0.889. The molecule has 0 saturated carbocycles. The van der Waals surface area contributed by atoms with Crippen LogP contribution in [-0.2, 0) is 9.63 Å². The Bertz CT molecular complexity index is 239. The first kappa shape index (κ1) is 13.2. The summed E-state index contributed by atoms with van der Waals surface area (Å²) in [7, 11) is 0. The highest BCUT2D eigenvalue weighted by atomic mass is 19.4. The van der Waals surface area contributed by atoms with Gasteiger partial charge in [-0.2, -0.15) is 18.7 Å². The summed E-state index contributed by atoms with van der Waals surface area (Å²) in [4.78, 5) is 17.4. The van der Waals surface area contributed by atoms with Crippen LogP contribution in [0.2, 0.25) is 0 Å². The number of carbonyl (C=O) groups excluding carboxylic acids is 1. The van der Waals surface area contributed by atoms with Crippen LogP contribution in [-0.4, -0.2) is 42.7 Å². The Kier molecular flexibility index (Phi) is 4.55. The zero-order valence-electron chi connectivity index (χ0n) is 9.01. The maximum atomic E-state index is 11.7. The van der Waals surface area contributed by atoms with E-state index < -0.39 is 18.8 Å². The Labute approximate surface area is 91.7 Å². The zero-order valence-corrected chi connectivity index (χ0v) is 9.01. The van der Waals surface area contributed by atoms with Crippen LogP contribution in [0.3, 0.4) is 0 Å². The van der Waals surface area contributed by atoms with Gasteiger partial charge in [0.1, 0.15) is 6.04 Å². The molecule has 16 heavy (non-hydrogen) atoms. The number of hydrogen-bond acceptors (Lipinski definition) is 3. The van der Waals surface area contributed by atoms with Crippen molar-refractivity contribution < 1.29 is 22.8 Å². The molecule has 0 spiro atoms. The summed E-state index contributed by atoms with van der Waals surface area (Å²) in [6.07, 6.45) is -2.49. The van der Waals surface area contributed by atoms with Gasteiger partial charge < -0.3 is 4.90 Å². The third-order valence-electron chi connectivity index (χ3n) is 2.28. The number of hydrogen-bond donors (Lipinski definition) is 1. The van der Waals surface area contributed by atoms with Crippen molar-refractivity contribution in [1.82, 2.24) is 10.4 Å². The van der Waals surface area contributed by atoms with Gasteiger partial charge in [0.2, 0.25) is 5.91 Å². The molecule has 7 heteroatoms. The van der Waals surface area contributed by atoms with Gasteiger partial charge in [-0.1, -0.05) is 0 Å². The molecule has 4 nitrogen and oxygen atoms in total. The summed E-state index contributed by atoms with van der Waals surface area (Å²) < 4.78 is 35.2. The standard InChI is InChI=1S/C9H15F3N2O2/c1-7(13-16-6-9(10,11)12)8(15)14-4-2-3-5-14/h7,13H,2-6H2,1H3. The molecule has 0 aliphatic carbocycles. The Morgan fingerprint density at radius 2 is 2.00 bits per heavy atom. The van der Waals surface area contributed by atoms with E-state index in [1.807, 2.05) is 0 Å². The van der Waals surface area contributed by atoms with Crippen molar-refractivity contribution in [2.24, 2.45) is 0 Å². The summed E-state index contributed by atoms with van der Waals surface area (Å²) >= 11 is 0. The highest BCUT2D eigenvalue weighted by molar-refractivity contribution is 5.81. The molecule has 1 heterocycles. The molecular formula is C9H15F3N2O2. The molecule has 0 aromatic rings. The highest BCUT2D eigenvalue weighted by Crippen LogP contribution is 2.14. The summed E-state index contributed by atoms with van der Waals surface area (Å²) in [6.45, 7) is 1.43. The van der Waals surface area contributed by atoms with Crippen molar-refractivity contribution in [3.63, 3.8) is 0 Å². The molecule has 1 N–H and O–H groups in total. The zero-order chi connectivity index (χ0) is 12.2. The van der Waals surface area contributed by atoms with E-state index in [4.69, 9.17) is 0 Å². The van der Waals surface area contributed by atoms with Gasteiger partial charge in [-0.05, 0) is 19.8 Å². The fourth-order valence-electron chi connectivity index (χ4n) is 1.51. The first-order valence-electron chi connectivity index (χ1n) is 5.13. The molecule has 0 aromatic carbocycles. The van der Waals surface area contributed by atoms with E-state index >= 15 is 0 Å². The molecule has 1 rings (SSSR count). The van der Waals surface area contributed by atoms with Crippen LogP contribution in [0.5, 0.6) is 0 Å². The SMILES string of the molecule is CC(NOCC(F)(F)F)C(=O)N1CCCC1. The Morgan fingerprint density at radius 3 is 2.50 bits per heavy atom. The van der Waals surface area contributed by atoms with Gasteiger partial charge in [0.15, 0.2) is 6.61 Å². The van der Waals surface area contributed by atoms with Crippen molar-refractivity contribution in [3.8, 4) is 0 Å². The van der Waals surface area contributed by atoms with Gasteiger partial charge in [-0.3, -0.25) is 9.63 Å². The second-order valence-corrected chi connectivity index (χ2v) is 3.78. The maximum Gasteiger partial charge on any atom is 0.413 e. The molecule has 0 aromatic heterocycles. The number of likely N-dealkylation sites (tertiary alicyclic amines) is 1. The van der Waals surface area contributed by atoms with E-state index in [0.29, 0.717) is 13.1 Å². The largest absolute Gasteiger partial charge is 0.413 e. The predicted octanol–water partition coefficient (Wildman–Crippen LogP) is 1.08. The summed E-state index contributed by atoms with van der Waals surface area (Å²) in [5.74, 6) is -0.223. The number of carbonyl (C=O) groups is 1. The number of nitrogens with zero attached hydrogens (tertiary/aromatic N) is 1. The number of halogens is 3. The molecule has 1 fully saturated rings. The van der Waals surface area contributed by atoms with E-state index in [9.17, 15) is 18.0 Å². The van der Waals surface area contributed by atoms with E-state index in [-0.39, 0.29) is 5.91 Å². The maximum absolute atomic E-state index is 11.7. The topological polar surface area (TPSA) is 41.6 Å². The van der Waals surface area contributed by atoms with Gasteiger partial charge in [0, 0.05) is 13.1 Å². The molecule has 1 unspecified atom stereocenters. The number of alkyl halides is 3. The number of amides is 1. The van der Waals surface area contributed by atoms with Crippen LogP contribution in [0, 0.1) is 0 Å². The van der Waals surface area contributed by atoms with E-state index in [0.717, 1.165) is 12.8 Å². The minimum absolute atomic E-state index is 0.223. The average molecular weight is 240 g/mol. The fourth-order valence-corrected chi connectivity index (χ4v) is 1.51. The van der Waals surface area contributed by atoms with Crippen molar-refractivity contribution in [2.45, 2.75) is 32.0 Å². The lowest BCUT2D eigenvalue weighted by atomic mass is 10.3. The van der Waals surface area contributed by atoms with E-state index in [1.165, 1.54) is 6.92 Å². The van der Waals surface area contributed by atoms with Crippen molar-refractivity contribution >= 4 is 5.91 Å². The van der Waals surface area contributed by atoms with Crippen LogP contribution >= 0.6 is 0 Å². The van der Waals surface area contributed by atoms with Gasteiger partial charge in [0.05, 0.1) is 0 Å². The third kappa shape index (κ3) is 4.36. The lowest BCUT2D eigenvalue weighted by Gasteiger charge is -2.21. The van der Waals surface area contributed by atoms with Crippen LogP contribution in [0.25, 0.3) is 0 Å². The van der Waals surface area contributed by atoms with Gasteiger partial charge in [0.25, 0.3) is 0 Å². The molecule has 0 bridgehead atoms. The molecule has 1 amide bonds. The number of rotatable bonds is 4. The minimum Gasteiger partial charge on any atom is -0.341 e. The highest BCUT2D eigenvalue weighted by Gasteiger charge is 2.29. The lowest BCUT2D eigenvalue weighted by Crippen LogP contribution is -2.44. The molecule has 1 atom stereocenters. The second kappa shape index (κ2) is 5.49. The second-order valence-electron chi connectivity index (χ2n) is 3.78. The quantitative estimate of drug-likeness (QED) is 0.748. The van der Waals surface area contributed by atoms with Crippen LogP contribution in [0.4, 0.5) is 13.2 Å². The molecule has 94 valence electrons. The smallest absolute Gasteiger partial charge is 0.341 e. The summed E-state index contributed by atoms with van der Waals surface area (Å²) in [5, 5.41) is 0. The van der Waals surface area contributed by atoms with Crippen LogP contribution in [0.1, 0.15) is 19.8 Å². The van der Waals surface area contributed by atoms with E-state index in [1.54, 1.807) is 4.90 Å². The summed E-state index contributed by atoms with van der Waals surface area (Å²) in [5.41, 5.74) is 2.10. The van der Waals surface area contributed by atoms with Crippen molar-refractivity contribution in [1.29, 1.82) is 0 Å².